The van der Waals surface area contributed by atoms with E-state index in [0.29, 0.717) is 27.0 Å². The summed E-state index contributed by atoms with van der Waals surface area (Å²) in [6, 6.07) is 20.7. The van der Waals surface area contributed by atoms with Crippen LogP contribution in [0.4, 0.5) is 5.69 Å². The maximum absolute atomic E-state index is 12.4. The van der Waals surface area contributed by atoms with E-state index in [1.807, 2.05) is 42.6 Å². The summed E-state index contributed by atoms with van der Waals surface area (Å²) in [5, 5.41) is 17.2. The number of para-hydroxylation sites is 1. The summed E-state index contributed by atoms with van der Waals surface area (Å²) in [6.45, 7) is 0. The predicted molar refractivity (Wildman–Crippen MR) is 130 cm³/mol. The van der Waals surface area contributed by atoms with Crippen molar-refractivity contribution in [3.05, 3.63) is 106 Å². The van der Waals surface area contributed by atoms with Crippen molar-refractivity contribution in [2.75, 3.05) is 5.32 Å². The number of halogens is 2. The van der Waals surface area contributed by atoms with Gasteiger partial charge >= 0.3 is 5.97 Å². The molecule has 0 atom stereocenters. The molecular formula is C25H17Cl2N3O3. The van der Waals surface area contributed by atoms with Gasteiger partial charge in [-0.2, -0.15) is 5.10 Å². The zero-order valence-electron chi connectivity index (χ0n) is 17.1. The van der Waals surface area contributed by atoms with Gasteiger partial charge in [0.1, 0.15) is 5.69 Å². The lowest BCUT2D eigenvalue weighted by atomic mass is 10.1. The first-order valence-corrected chi connectivity index (χ1v) is 10.6. The van der Waals surface area contributed by atoms with Crippen molar-refractivity contribution in [1.29, 1.82) is 0 Å². The van der Waals surface area contributed by atoms with E-state index in [2.05, 4.69) is 10.4 Å². The lowest BCUT2D eigenvalue weighted by molar-refractivity contribution is -0.111. The summed E-state index contributed by atoms with van der Waals surface area (Å²) in [5.41, 5.74) is 3.58. The smallest absolute Gasteiger partial charge is 0.335 e. The second kappa shape index (κ2) is 9.73. The predicted octanol–water partition coefficient (Wildman–Crippen LogP) is 6.20. The third-order valence-corrected chi connectivity index (χ3v) is 5.51. The highest BCUT2D eigenvalue weighted by Crippen LogP contribution is 2.30. The summed E-state index contributed by atoms with van der Waals surface area (Å²) < 4.78 is 1.72. The zero-order chi connectivity index (χ0) is 23.4. The first kappa shape index (κ1) is 22.3. The third-order valence-electron chi connectivity index (χ3n) is 4.77. The summed E-state index contributed by atoms with van der Waals surface area (Å²) in [7, 11) is 0. The molecule has 0 bridgehead atoms. The van der Waals surface area contributed by atoms with Crippen LogP contribution < -0.4 is 5.32 Å². The van der Waals surface area contributed by atoms with Gasteiger partial charge in [0.05, 0.1) is 21.3 Å². The molecule has 4 aromatic rings. The Morgan fingerprint density at radius 3 is 2.33 bits per heavy atom. The van der Waals surface area contributed by atoms with Crippen molar-refractivity contribution in [2.24, 2.45) is 0 Å². The molecule has 8 heteroatoms. The van der Waals surface area contributed by atoms with Crippen LogP contribution in [0.5, 0.6) is 0 Å². The van der Waals surface area contributed by atoms with E-state index in [9.17, 15) is 9.59 Å². The molecule has 164 valence electrons. The fourth-order valence-corrected chi connectivity index (χ4v) is 3.43. The molecule has 2 N–H and O–H groups in total. The highest BCUT2D eigenvalue weighted by Gasteiger charge is 2.13. The minimum Gasteiger partial charge on any atom is -0.478 e. The molecule has 0 unspecified atom stereocenters. The van der Waals surface area contributed by atoms with Crippen LogP contribution in [-0.4, -0.2) is 26.8 Å². The van der Waals surface area contributed by atoms with E-state index in [1.165, 1.54) is 30.3 Å². The van der Waals surface area contributed by atoms with Crippen LogP contribution in [0.3, 0.4) is 0 Å². The molecule has 0 fully saturated rings. The number of carbonyl (C=O) groups is 2. The molecule has 0 aliphatic carbocycles. The minimum atomic E-state index is -1.03. The SMILES string of the molecule is O=C(C=Cc1cn(-c2ccccc2)nc1-c1ccc(Cl)c(Cl)c1)Nc1ccc(C(=O)O)cc1. The molecule has 0 radical (unpaired) electrons. The number of benzene rings is 3. The second-order valence-electron chi connectivity index (χ2n) is 7.05. The number of aromatic carboxylic acids is 1. The average molecular weight is 478 g/mol. The maximum atomic E-state index is 12.4. The van der Waals surface area contributed by atoms with Crippen molar-refractivity contribution < 1.29 is 14.7 Å². The second-order valence-corrected chi connectivity index (χ2v) is 7.86. The number of hydrogen-bond donors (Lipinski definition) is 2. The lowest BCUT2D eigenvalue weighted by Gasteiger charge is -2.03. The number of rotatable bonds is 6. The van der Waals surface area contributed by atoms with Crippen LogP contribution in [0.25, 0.3) is 23.0 Å². The number of carboxylic acid groups (broad SMARTS) is 1. The van der Waals surface area contributed by atoms with E-state index in [4.69, 9.17) is 28.3 Å². The van der Waals surface area contributed by atoms with Crippen molar-refractivity contribution in [1.82, 2.24) is 9.78 Å². The first-order valence-electron chi connectivity index (χ1n) is 9.83. The van der Waals surface area contributed by atoms with Crippen LogP contribution in [0.15, 0.2) is 85.1 Å². The maximum Gasteiger partial charge on any atom is 0.335 e. The van der Waals surface area contributed by atoms with Gasteiger partial charge in [-0.15, -0.1) is 0 Å². The van der Waals surface area contributed by atoms with Gasteiger partial charge in [-0.25, -0.2) is 9.48 Å². The number of carboxylic acids is 1. The normalized spacial score (nSPS) is 11.0. The van der Waals surface area contributed by atoms with Gasteiger partial charge in [0.15, 0.2) is 0 Å². The van der Waals surface area contributed by atoms with Crippen molar-refractivity contribution in [3.63, 3.8) is 0 Å². The van der Waals surface area contributed by atoms with E-state index < -0.39 is 5.97 Å². The Labute approximate surface area is 199 Å². The van der Waals surface area contributed by atoms with Crippen LogP contribution in [0.1, 0.15) is 15.9 Å². The molecule has 1 heterocycles. The van der Waals surface area contributed by atoms with Gasteiger partial charge in [-0.05, 0) is 54.6 Å². The van der Waals surface area contributed by atoms with E-state index >= 15 is 0 Å². The molecule has 1 aromatic heterocycles. The number of anilines is 1. The lowest BCUT2D eigenvalue weighted by Crippen LogP contribution is -2.08. The topological polar surface area (TPSA) is 84.2 Å². The van der Waals surface area contributed by atoms with Crippen molar-refractivity contribution in [2.45, 2.75) is 0 Å². The van der Waals surface area contributed by atoms with Crippen LogP contribution in [0, 0.1) is 0 Å². The number of amides is 1. The number of aromatic nitrogens is 2. The Morgan fingerprint density at radius 2 is 1.67 bits per heavy atom. The summed E-state index contributed by atoms with van der Waals surface area (Å²) in [4.78, 5) is 23.4. The minimum absolute atomic E-state index is 0.142. The molecule has 0 aliphatic rings. The van der Waals surface area contributed by atoms with Gasteiger partial charge in [0.25, 0.3) is 0 Å². The van der Waals surface area contributed by atoms with Crippen LogP contribution >= 0.6 is 23.2 Å². The van der Waals surface area contributed by atoms with Crippen molar-refractivity contribution >= 4 is 46.8 Å². The molecular weight excluding hydrogens is 461 g/mol. The van der Waals surface area contributed by atoms with Crippen LogP contribution in [-0.2, 0) is 4.79 Å². The number of carbonyl (C=O) groups excluding carboxylic acids is 1. The fraction of sp³-hybridized carbons (Fsp3) is 0. The average Bonchev–Trinajstić information content (AvgIpc) is 3.25. The molecule has 4 rings (SSSR count). The Hall–Kier alpha value is -3.87. The third kappa shape index (κ3) is 5.31. The molecule has 0 saturated carbocycles. The van der Waals surface area contributed by atoms with E-state index in [1.54, 1.807) is 22.9 Å². The largest absolute Gasteiger partial charge is 0.478 e. The Bertz CT molecular complexity index is 1350. The van der Waals surface area contributed by atoms with Gasteiger partial charge in [-0.1, -0.05) is 47.5 Å². The molecule has 6 nitrogen and oxygen atoms in total. The van der Waals surface area contributed by atoms with E-state index in [-0.39, 0.29) is 11.5 Å². The molecule has 0 aliphatic heterocycles. The summed E-state index contributed by atoms with van der Waals surface area (Å²) in [5.74, 6) is -1.40. The highest BCUT2D eigenvalue weighted by atomic mass is 35.5. The number of nitrogens with one attached hydrogen (secondary N) is 1. The molecule has 0 spiro atoms. The standard InChI is InChI=1S/C25H17Cl2N3O3/c26-21-12-8-17(14-22(21)27)24-18(15-30(29-24)20-4-2-1-3-5-20)9-13-23(31)28-19-10-6-16(7-11-19)25(32)33/h1-15H,(H,28,31)(H,32,33). The highest BCUT2D eigenvalue weighted by molar-refractivity contribution is 6.42. The Balaban J connectivity index is 1.63. The fourth-order valence-electron chi connectivity index (χ4n) is 3.14. The van der Waals surface area contributed by atoms with Crippen molar-refractivity contribution in [3.8, 4) is 16.9 Å². The number of hydrogen-bond acceptors (Lipinski definition) is 3. The summed E-state index contributed by atoms with van der Waals surface area (Å²) in [6.07, 6.45) is 4.86. The number of nitrogens with zero attached hydrogens (tertiary/aromatic N) is 2. The monoisotopic (exact) mass is 477 g/mol. The Morgan fingerprint density at radius 1 is 0.939 bits per heavy atom. The van der Waals surface area contributed by atoms with Gasteiger partial charge in [0, 0.05) is 29.1 Å². The first-order chi connectivity index (χ1) is 15.9. The Kier molecular flexibility index (Phi) is 6.58. The van der Waals surface area contributed by atoms with Gasteiger partial charge in [-0.3, -0.25) is 4.79 Å². The van der Waals surface area contributed by atoms with Crippen LogP contribution in [0.2, 0.25) is 10.0 Å². The quantitative estimate of drug-likeness (QED) is 0.324. The molecule has 1 amide bonds. The van der Waals surface area contributed by atoms with Gasteiger partial charge < -0.3 is 10.4 Å². The summed E-state index contributed by atoms with van der Waals surface area (Å²) >= 11 is 12.3. The molecule has 33 heavy (non-hydrogen) atoms. The molecule has 3 aromatic carbocycles. The molecule has 0 saturated heterocycles. The van der Waals surface area contributed by atoms with E-state index in [0.717, 1.165) is 11.3 Å². The zero-order valence-corrected chi connectivity index (χ0v) is 18.6. The van der Waals surface area contributed by atoms with Gasteiger partial charge in [0.2, 0.25) is 5.91 Å².